The lowest BCUT2D eigenvalue weighted by molar-refractivity contribution is -0.0662. The Balaban J connectivity index is 0.000000760. The maximum absolute atomic E-state index is 6.82. The van der Waals surface area contributed by atoms with Gasteiger partial charge in [0.15, 0.2) is 0 Å². The topological polar surface area (TPSA) is 111 Å². The molecule has 0 spiro atoms. The Morgan fingerprint density at radius 2 is 0.421 bits per heavy atom. The van der Waals surface area contributed by atoms with Crippen molar-refractivity contribution >= 4 is 56.0 Å². The van der Waals surface area contributed by atoms with E-state index in [1.165, 1.54) is 0 Å². The first-order valence-corrected chi connectivity index (χ1v) is 35.8. The Morgan fingerprint density at radius 1 is 0.276 bits per heavy atom. The van der Waals surface area contributed by atoms with E-state index in [1.54, 1.807) is 0 Å². The molecule has 0 aliphatic heterocycles. The van der Waals surface area contributed by atoms with Gasteiger partial charge in [-0.05, 0) is 217 Å². The van der Waals surface area contributed by atoms with Crippen LogP contribution in [0.3, 0.4) is 0 Å². The second-order valence-electron chi connectivity index (χ2n) is 26.7. The quantitative estimate of drug-likeness (QED) is 0.0757. The van der Waals surface area contributed by atoms with Crippen LogP contribution in [-0.4, -0.2) is 105 Å². The number of benzene rings is 2. The Kier molecular flexibility index (Phi) is 28.5. The van der Waals surface area contributed by atoms with Crippen molar-refractivity contribution < 1.29 is 53.1 Å². The van der Waals surface area contributed by atoms with E-state index in [0.717, 1.165) is 59.3 Å². The number of hydrogen-bond donors (Lipinski definition) is 0. The van der Waals surface area contributed by atoms with Gasteiger partial charge in [0.05, 0.1) is 33.6 Å². The van der Waals surface area contributed by atoms with Gasteiger partial charge in [0.1, 0.15) is 0 Å². The summed E-state index contributed by atoms with van der Waals surface area (Å²) in [7, 11) is -13.7. The fourth-order valence-corrected chi connectivity index (χ4v) is 21.3. The fourth-order valence-electron chi connectivity index (χ4n) is 7.36. The van der Waals surface area contributed by atoms with Crippen molar-refractivity contribution in [2.24, 2.45) is 0 Å². The lowest BCUT2D eigenvalue weighted by Crippen LogP contribution is -2.68. The Labute approximate surface area is 471 Å². The van der Waals surface area contributed by atoms with Crippen molar-refractivity contribution in [1.82, 2.24) is 0 Å². The van der Waals surface area contributed by atoms with Crippen molar-refractivity contribution in [2.45, 2.75) is 316 Å². The van der Waals surface area contributed by atoms with Crippen molar-refractivity contribution in [1.29, 1.82) is 0 Å². The molecule has 2 aromatic rings. The molecular weight excluding hydrogens is 1020 g/mol. The van der Waals surface area contributed by atoms with Crippen LogP contribution in [0.5, 0.6) is 0 Å². The van der Waals surface area contributed by atoms with Crippen LogP contribution in [0.1, 0.15) is 246 Å². The van der Waals surface area contributed by atoms with Crippen LogP contribution in [0.25, 0.3) is 0 Å². The summed E-state index contributed by atoms with van der Waals surface area (Å²) in [5.41, 5.74) is -3.09. The third-order valence-electron chi connectivity index (χ3n) is 11.4. The van der Waals surface area contributed by atoms with E-state index in [0.29, 0.717) is 0 Å². The van der Waals surface area contributed by atoms with Gasteiger partial charge >= 0.3 is 35.2 Å². The van der Waals surface area contributed by atoms with E-state index in [-0.39, 0.29) is 36.6 Å². The molecule has 12 nitrogen and oxygen atoms in total. The van der Waals surface area contributed by atoms with Gasteiger partial charge < -0.3 is 53.1 Å². The second kappa shape index (κ2) is 29.7. The molecule has 0 fully saturated rings. The van der Waals surface area contributed by atoms with Gasteiger partial charge in [-0.2, -0.15) is 0 Å². The first-order valence-electron chi connectivity index (χ1n) is 28.9. The zero-order valence-electron chi connectivity index (χ0n) is 54.2. The highest BCUT2D eigenvalue weighted by molar-refractivity contribution is 6.80. The summed E-state index contributed by atoms with van der Waals surface area (Å²) in [5.74, 6) is 0. The average Bonchev–Trinajstić information content (AvgIpc) is 3.25. The van der Waals surface area contributed by atoms with Gasteiger partial charge in [-0.15, -0.1) is 0 Å². The van der Waals surface area contributed by atoms with Gasteiger partial charge in [0.2, 0.25) is 0 Å². The minimum absolute atomic E-state index is 0.00970. The van der Waals surface area contributed by atoms with E-state index in [4.69, 9.17) is 53.1 Å². The Morgan fingerprint density at radius 3 is 0.553 bits per heavy atom. The summed E-state index contributed by atoms with van der Waals surface area (Å²) in [6.07, 6.45) is 5.15. The predicted octanol–water partition coefficient (Wildman–Crippen LogP) is 13.7. The summed E-state index contributed by atoms with van der Waals surface area (Å²) in [6, 6.07) is 16.5. The highest BCUT2D eigenvalue weighted by Gasteiger charge is 2.57. The van der Waals surface area contributed by atoms with Gasteiger partial charge in [0, 0.05) is 57.4 Å². The molecule has 0 N–H and O–H groups in total. The molecule has 0 aromatic heterocycles. The average molecular weight is 1140 g/mol. The van der Waals surface area contributed by atoms with Crippen LogP contribution < -0.4 is 20.7 Å². The molecule has 444 valence electrons. The minimum atomic E-state index is -3.51. The highest BCUT2D eigenvalue weighted by atomic mass is 28.4. The normalized spacial score (nSPS) is 17.7. The zero-order valence-corrected chi connectivity index (χ0v) is 58.2. The number of hydrogen-bond acceptors (Lipinski definition) is 12. The summed E-state index contributed by atoms with van der Waals surface area (Å²) in [5, 5.41) is 3.56. The zero-order chi connectivity index (χ0) is 59.2. The molecule has 0 radical (unpaired) electrons. The van der Waals surface area contributed by atoms with Gasteiger partial charge in [0.25, 0.3) is 0 Å². The van der Waals surface area contributed by atoms with Gasteiger partial charge in [-0.3, -0.25) is 0 Å². The van der Waals surface area contributed by atoms with E-state index < -0.39 is 68.8 Å². The molecule has 2 rings (SSSR count). The Hall–Kier alpha value is -1.17. The number of rotatable bonds is 28. The maximum atomic E-state index is 6.82. The first kappa shape index (κ1) is 72.8. The molecule has 0 saturated carbocycles. The molecular formula is C60H116O12Si4. The smallest absolute Gasteiger partial charge is 0.367 e. The van der Waals surface area contributed by atoms with Crippen LogP contribution in [-0.2, 0) is 53.1 Å². The molecule has 2 aromatic carbocycles. The molecule has 0 heterocycles. The van der Waals surface area contributed by atoms with E-state index >= 15 is 0 Å². The maximum Gasteiger partial charge on any atom is 0.538 e. The predicted molar refractivity (Wildman–Crippen MR) is 324 cm³/mol. The molecule has 16 heteroatoms. The lowest BCUT2D eigenvalue weighted by Gasteiger charge is -2.44. The largest absolute Gasteiger partial charge is 0.538 e. The van der Waals surface area contributed by atoms with E-state index in [9.17, 15) is 0 Å². The SMILES string of the molecule is CC(C)(C)O[Si](OC(C)(C)C)(OC(C)(C)C)c1cccc([Si](OC(C)(C)C)(OC(C)(C)C)OC(C)(C)C)c1.CCC(C)O[Si](OC(C)CC)(OC(C)CC)c1cccc([Si](OC(C)CC)(OC(C)CC)OC(C)CC)c1. The molecule has 0 bridgehead atoms. The van der Waals surface area contributed by atoms with Crippen LogP contribution in [0.4, 0.5) is 0 Å². The summed E-state index contributed by atoms with van der Waals surface area (Å²) in [4.78, 5) is 0. The summed E-state index contributed by atoms with van der Waals surface area (Å²) < 4.78 is 81.6. The first-order chi connectivity index (χ1) is 34.4. The molecule has 0 aliphatic carbocycles. The summed E-state index contributed by atoms with van der Waals surface area (Å²) >= 11 is 0. The summed E-state index contributed by atoms with van der Waals surface area (Å²) in [6.45, 7) is 61.9. The van der Waals surface area contributed by atoms with Crippen LogP contribution in [0.15, 0.2) is 48.5 Å². The van der Waals surface area contributed by atoms with Crippen LogP contribution >= 0.6 is 0 Å². The van der Waals surface area contributed by atoms with Crippen LogP contribution in [0, 0.1) is 0 Å². The molecule has 76 heavy (non-hydrogen) atoms. The molecule has 0 saturated heterocycles. The minimum Gasteiger partial charge on any atom is -0.367 e. The lowest BCUT2D eigenvalue weighted by atomic mass is 10.2. The monoisotopic (exact) mass is 1140 g/mol. The molecule has 6 unspecified atom stereocenters. The van der Waals surface area contributed by atoms with Crippen LogP contribution in [0.2, 0.25) is 0 Å². The molecule has 6 atom stereocenters. The second-order valence-corrected chi connectivity index (χ2v) is 36.1. The molecule has 0 aliphatic rings. The third-order valence-corrected chi connectivity index (χ3v) is 25.0. The van der Waals surface area contributed by atoms with E-state index in [1.807, 2.05) is 149 Å². The van der Waals surface area contributed by atoms with Crippen molar-refractivity contribution in [3.8, 4) is 0 Å². The van der Waals surface area contributed by atoms with E-state index in [2.05, 4.69) is 107 Å². The van der Waals surface area contributed by atoms with Crippen molar-refractivity contribution in [3.63, 3.8) is 0 Å². The molecule has 0 amide bonds. The van der Waals surface area contributed by atoms with Gasteiger partial charge in [-0.25, -0.2) is 0 Å². The highest BCUT2D eigenvalue weighted by Crippen LogP contribution is 2.32. The fraction of sp³-hybridized carbons (Fsp3) is 0.800. The van der Waals surface area contributed by atoms with Gasteiger partial charge in [-0.1, -0.05) is 77.9 Å². The standard InChI is InChI=1S/2C30H58O6Si2/c1-25(2,3)31-37(32-26(4,5)6,33-27(7,8)9)23-20-19-21-24(22-23)38(34-28(10,11)12,35-29(13,14)15)36-30(16,17)18;1-13-23(7)31-37(32-24(8)14-2,33-25(9)15-3)29-20-19-21-30(22-29)38(34-26(10)16-4,35-27(11)17-5)36-28(12)18-6/h19-22H,1-18H3;19-28H,13-18H2,1-12H3. The van der Waals surface area contributed by atoms with Crippen molar-refractivity contribution in [3.05, 3.63) is 48.5 Å². The third kappa shape index (κ3) is 25.7. The Bertz CT molecular complexity index is 1690. The van der Waals surface area contributed by atoms with Crippen molar-refractivity contribution in [2.75, 3.05) is 0 Å².